The lowest BCUT2D eigenvalue weighted by atomic mass is 9.95. The number of aryl methyl sites for hydroxylation is 1. The zero-order valence-electron chi connectivity index (χ0n) is 17.4. The maximum absolute atomic E-state index is 5.33. The van der Waals surface area contributed by atoms with Gasteiger partial charge in [-0.05, 0) is 83.9 Å². The number of epoxide rings is 1. The van der Waals surface area contributed by atoms with Crippen LogP contribution in [0.5, 0.6) is 0 Å². The van der Waals surface area contributed by atoms with Gasteiger partial charge >= 0.3 is 0 Å². The van der Waals surface area contributed by atoms with Gasteiger partial charge in [-0.1, -0.05) is 66.7 Å². The lowest BCUT2D eigenvalue weighted by Gasteiger charge is -2.10. The minimum absolute atomic E-state index is 0.463. The van der Waals surface area contributed by atoms with E-state index in [1.165, 1.54) is 58.2 Å². The zero-order chi connectivity index (χ0) is 19.6. The highest BCUT2D eigenvalue weighted by Crippen LogP contribution is 2.32. The normalized spacial score (nSPS) is 18.0. The van der Waals surface area contributed by atoms with Crippen molar-refractivity contribution in [3.05, 3.63) is 106 Å². The molecule has 0 N–H and O–H groups in total. The number of benzene rings is 3. The van der Waals surface area contributed by atoms with E-state index in [0.717, 1.165) is 31.8 Å². The van der Waals surface area contributed by atoms with Gasteiger partial charge in [-0.15, -0.1) is 0 Å². The number of rotatable bonds is 8. The number of hydrogen-bond donors (Lipinski definition) is 0. The molecule has 1 aliphatic carbocycles. The fourth-order valence-corrected chi connectivity index (χ4v) is 4.21. The second kappa shape index (κ2) is 8.16. The Morgan fingerprint density at radius 2 is 1.24 bits per heavy atom. The van der Waals surface area contributed by atoms with E-state index >= 15 is 0 Å². The van der Waals surface area contributed by atoms with Crippen LogP contribution in [0.2, 0.25) is 0 Å². The van der Waals surface area contributed by atoms with Crippen LogP contribution < -0.4 is 0 Å². The first-order chi connectivity index (χ1) is 14.2. The molecular weight excluding hydrogens is 352 g/mol. The number of ether oxygens (including phenoxy) is 1. The number of hydrogen-bond acceptors (Lipinski definition) is 1. The van der Waals surface area contributed by atoms with Gasteiger partial charge < -0.3 is 4.74 Å². The third-order valence-corrected chi connectivity index (χ3v) is 6.34. The van der Waals surface area contributed by atoms with E-state index in [2.05, 4.69) is 73.7 Å². The molecule has 2 fully saturated rings. The van der Waals surface area contributed by atoms with Crippen LogP contribution in [-0.4, -0.2) is 12.7 Å². The fraction of sp³-hybridized carbons (Fsp3) is 0.357. The Balaban J connectivity index is 1.21. The van der Waals surface area contributed by atoms with Gasteiger partial charge in [0, 0.05) is 6.42 Å². The summed E-state index contributed by atoms with van der Waals surface area (Å²) in [6.07, 6.45) is 7.65. The average molecular weight is 383 g/mol. The summed E-state index contributed by atoms with van der Waals surface area (Å²) in [7, 11) is 0. The van der Waals surface area contributed by atoms with Crippen molar-refractivity contribution in [3.8, 4) is 0 Å². The molecule has 29 heavy (non-hydrogen) atoms. The first-order valence-corrected chi connectivity index (χ1v) is 11.1. The van der Waals surface area contributed by atoms with Crippen LogP contribution in [0.15, 0.2) is 66.7 Å². The summed E-state index contributed by atoms with van der Waals surface area (Å²) >= 11 is 0. The molecule has 1 heteroatoms. The molecule has 1 saturated carbocycles. The summed E-state index contributed by atoms with van der Waals surface area (Å²) in [5, 5.41) is 0. The van der Waals surface area contributed by atoms with Crippen LogP contribution in [-0.2, 0) is 30.4 Å². The Morgan fingerprint density at radius 1 is 0.690 bits per heavy atom. The average Bonchev–Trinajstić information content (AvgIpc) is 3.64. The molecule has 1 nitrogen and oxygen atoms in total. The van der Waals surface area contributed by atoms with Crippen molar-refractivity contribution in [2.24, 2.45) is 5.92 Å². The molecule has 2 aliphatic rings. The summed E-state index contributed by atoms with van der Waals surface area (Å²) in [5.41, 5.74) is 9.89. The molecule has 3 aromatic rings. The maximum Gasteiger partial charge on any atom is 0.0850 e. The predicted octanol–water partition coefficient (Wildman–Crippen LogP) is 6.07. The molecule has 0 radical (unpaired) electrons. The molecule has 5 rings (SSSR count). The summed E-state index contributed by atoms with van der Waals surface area (Å²) in [6.45, 7) is 3.17. The van der Waals surface area contributed by atoms with Gasteiger partial charge in [0.2, 0.25) is 0 Å². The SMILES string of the molecule is Cc1cc(Cc2ccc(CC3CC3)cc2)ccc1Cc1ccc(CC2CO2)cc1. The Morgan fingerprint density at radius 3 is 1.83 bits per heavy atom. The molecule has 1 heterocycles. The maximum atomic E-state index is 5.33. The third kappa shape index (κ3) is 5.16. The first-order valence-electron chi connectivity index (χ1n) is 11.1. The lowest BCUT2D eigenvalue weighted by Crippen LogP contribution is -1.97. The van der Waals surface area contributed by atoms with Crippen LogP contribution in [0, 0.1) is 12.8 Å². The van der Waals surface area contributed by atoms with Crippen LogP contribution in [0.1, 0.15) is 51.8 Å². The lowest BCUT2D eigenvalue weighted by molar-refractivity contribution is 0.407. The van der Waals surface area contributed by atoms with E-state index in [9.17, 15) is 0 Å². The van der Waals surface area contributed by atoms with Gasteiger partial charge in [0.1, 0.15) is 0 Å². The van der Waals surface area contributed by atoms with Gasteiger partial charge in [-0.2, -0.15) is 0 Å². The molecule has 3 aromatic carbocycles. The molecular formula is C28H30O. The van der Waals surface area contributed by atoms with Crippen molar-refractivity contribution >= 4 is 0 Å². The minimum Gasteiger partial charge on any atom is -0.373 e. The highest BCUT2D eigenvalue weighted by molar-refractivity contribution is 5.38. The van der Waals surface area contributed by atoms with E-state index < -0.39 is 0 Å². The predicted molar refractivity (Wildman–Crippen MR) is 120 cm³/mol. The van der Waals surface area contributed by atoms with Crippen molar-refractivity contribution in [2.45, 2.75) is 51.6 Å². The second-order valence-electron chi connectivity index (χ2n) is 9.05. The van der Waals surface area contributed by atoms with Crippen molar-refractivity contribution in [1.29, 1.82) is 0 Å². The molecule has 1 unspecified atom stereocenters. The Kier molecular flexibility index (Phi) is 5.24. The highest BCUT2D eigenvalue weighted by atomic mass is 16.6. The molecule has 0 aromatic heterocycles. The quantitative estimate of drug-likeness (QED) is 0.431. The minimum atomic E-state index is 0.463. The van der Waals surface area contributed by atoms with Crippen molar-refractivity contribution in [2.75, 3.05) is 6.61 Å². The molecule has 1 saturated heterocycles. The smallest absolute Gasteiger partial charge is 0.0850 e. The van der Waals surface area contributed by atoms with Crippen LogP contribution in [0.25, 0.3) is 0 Å². The summed E-state index contributed by atoms with van der Waals surface area (Å²) in [4.78, 5) is 0. The monoisotopic (exact) mass is 382 g/mol. The van der Waals surface area contributed by atoms with Gasteiger partial charge in [-0.3, -0.25) is 0 Å². The van der Waals surface area contributed by atoms with Crippen molar-refractivity contribution in [3.63, 3.8) is 0 Å². The molecule has 0 bridgehead atoms. The van der Waals surface area contributed by atoms with E-state index in [4.69, 9.17) is 4.74 Å². The summed E-state index contributed by atoms with van der Waals surface area (Å²) < 4.78 is 5.33. The van der Waals surface area contributed by atoms with Gasteiger partial charge in [0.05, 0.1) is 12.7 Å². The summed E-state index contributed by atoms with van der Waals surface area (Å²) in [6, 6.07) is 25.3. The standard InChI is InChI=1S/C28H30O/c1-20-14-26(16-23-6-4-22(5-7-23)15-21-2-3-21)12-13-27(20)17-24-8-10-25(11-9-24)18-28-19-29-28/h4-14,21,28H,2-3,15-19H2,1H3. The van der Waals surface area contributed by atoms with Crippen molar-refractivity contribution in [1.82, 2.24) is 0 Å². The Hall–Kier alpha value is -2.38. The van der Waals surface area contributed by atoms with Crippen molar-refractivity contribution < 1.29 is 4.74 Å². The van der Waals surface area contributed by atoms with Gasteiger partial charge in [-0.25, -0.2) is 0 Å². The molecule has 148 valence electrons. The third-order valence-electron chi connectivity index (χ3n) is 6.34. The summed E-state index contributed by atoms with van der Waals surface area (Å²) in [5.74, 6) is 0.958. The topological polar surface area (TPSA) is 12.5 Å². The largest absolute Gasteiger partial charge is 0.373 e. The molecule has 1 atom stereocenters. The Bertz CT molecular complexity index is 960. The first kappa shape index (κ1) is 18.6. The van der Waals surface area contributed by atoms with Crippen LogP contribution in [0.4, 0.5) is 0 Å². The molecule has 0 amide bonds. The molecule has 0 spiro atoms. The van der Waals surface area contributed by atoms with E-state index in [1.54, 1.807) is 0 Å². The van der Waals surface area contributed by atoms with E-state index in [-0.39, 0.29) is 0 Å². The molecule has 1 aliphatic heterocycles. The fourth-order valence-electron chi connectivity index (χ4n) is 4.21. The van der Waals surface area contributed by atoms with Gasteiger partial charge in [0.15, 0.2) is 0 Å². The zero-order valence-corrected chi connectivity index (χ0v) is 17.4. The van der Waals surface area contributed by atoms with Crippen LogP contribution in [0.3, 0.4) is 0 Å². The highest BCUT2D eigenvalue weighted by Gasteiger charge is 2.22. The van der Waals surface area contributed by atoms with E-state index in [1.807, 2.05) is 0 Å². The van der Waals surface area contributed by atoms with Crippen LogP contribution >= 0.6 is 0 Å². The van der Waals surface area contributed by atoms with E-state index in [0.29, 0.717) is 6.10 Å². The second-order valence-corrected chi connectivity index (χ2v) is 9.05. The Labute approximate surface area is 174 Å². The van der Waals surface area contributed by atoms with Gasteiger partial charge in [0.25, 0.3) is 0 Å².